The number of nitrogens with zero attached hydrogens (tertiary/aromatic N) is 3. The highest BCUT2D eigenvalue weighted by Crippen LogP contribution is 2.30. The second-order valence-electron chi connectivity index (χ2n) is 4.94. The lowest BCUT2D eigenvalue weighted by Crippen LogP contribution is -2.14. The Hall–Kier alpha value is -1.87. The Kier molecular flexibility index (Phi) is 3.24. The molecule has 0 fully saturated rings. The Bertz CT molecular complexity index is 1140. The first-order chi connectivity index (χ1) is 11.0. The van der Waals surface area contributed by atoms with Gasteiger partial charge in [-0.1, -0.05) is 29.8 Å². The van der Waals surface area contributed by atoms with Crippen LogP contribution in [0.1, 0.15) is 5.56 Å². The van der Waals surface area contributed by atoms with Gasteiger partial charge >= 0.3 is 0 Å². The number of fused-ring (bicyclic) bond motifs is 2. The van der Waals surface area contributed by atoms with E-state index in [9.17, 15) is 8.42 Å². The summed E-state index contributed by atoms with van der Waals surface area (Å²) >= 11 is 7.41. The molecule has 0 bridgehead atoms. The predicted molar refractivity (Wildman–Crippen MR) is 90.5 cm³/mol. The number of hydrogen-bond donors (Lipinski definition) is 1. The zero-order chi connectivity index (χ0) is 16.2. The molecule has 118 valence electrons. The standard InChI is InChI=1S/C14H11ClN4O2S2/c15-12-13(18-5-6-22-14(18)17-12)23(20,21)19-8-9(7-16)10-3-1-2-4-11(10)19/h1-6,8H,7,16H2. The van der Waals surface area contributed by atoms with E-state index >= 15 is 0 Å². The van der Waals surface area contributed by atoms with E-state index in [1.54, 1.807) is 29.9 Å². The highest BCUT2D eigenvalue weighted by atomic mass is 35.5. The summed E-state index contributed by atoms with van der Waals surface area (Å²) in [5, 5.41) is 2.49. The van der Waals surface area contributed by atoms with Crippen molar-refractivity contribution in [1.82, 2.24) is 13.4 Å². The smallest absolute Gasteiger partial charge is 0.287 e. The summed E-state index contributed by atoms with van der Waals surface area (Å²) in [6, 6.07) is 7.22. The van der Waals surface area contributed by atoms with Gasteiger partial charge in [-0.15, -0.1) is 11.3 Å². The Morgan fingerprint density at radius 2 is 2.09 bits per heavy atom. The monoisotopic (exact) mass is 366 g/mol. The van der Waals surface area contributed by atoms with Gasteiger partial charge in [-0.2, -0.15) is 8.42 Å². The Morgan fingerprint density at radius 3 is 2.87 bits per heavy atom. The molecule has 4 aromatic rings. The summed E-state index contributed by atoms with van der Waals surface area (Å²) in [4.78, 5) is 4.63. The van der Waals surface area contributed by atoms with Crippen LogP contribution in [0, 0.1) is 0 Å². The third kappa shape index (κ3) is 2.03. The molecule has 3 aromatic heterocycles. The maximum Gasteiger partial charge on any atom is 0.287 e. The molecule has 0 saturated heterocycles. The van der Waals surface area contributed by atoms with Gasteiger partial charge in [0.1, 0.15) is 0 Å². The van der Waals surface area contributed by atoms with Crippen molar-refractivity contribution in [1.29, 1.82) is 0 Å². The van der Waals surface area contributed by atoms with E-state index in [2.05, 4.69) is 4.98 Å². The summed E-state index contributed by atoms with van der Waals surface area (Å²) in [7, 11) is -3.90. The number of halogens is 1. The van der Waals surface area contributed by atoms with Crippen LogP contribution in [0.2, 0.25) is 5.15 Å². The molecular weight excluding hydrogens is 356 g/mol. The SMILES string of the molecule is NCc1cn(S(=O)(=O)c2c(Cl)nc3sccn23)c2ccccc12. The number of benzene rings is 1. The van der Waals surface area contributed by atoms with Crippen molar-refractivity contribution in [3.8, 4) is 0 Å². The van der Waals surface area contributed by atoms with Gasteiger partial charge in [0.15, 0.2) is 10.1 Å². The summed E-state index contributed by atoms with van der Waals surface area (Å²) < 4.78 is 29.0. The van der Waals surface area contributed by atoms with Gasteiger partial charge in [-0.25, -0.2) is 8.96 Å². The van der Waals surface area contributed by atoms with E-state index < -0.39 is 10.0 Å². The van der Waals surface area contributed by atoms with Gasteiger partial charge < -0.3 is 5.73 Å². The molecule has 0 unspecified atom stereocenters. The molecule has 2 N–H and O–H groups in total. The minimum Gasteiger partial charge on any atom is -0.326 e. The molecule has 9 heteroatoms. The number of imidazole rings is 1. The number of hydrogen-bond acceptors (Lipinski definition) is 5. The molecule has 0 atom stereocenters. The predicted octanol–water partition coefficient (Wildman–Crippen LogP) is 2.70. The molecule has 0 aliphatic carbocycles. The lowest BCUT2D eigenvalue weighted by Gasteiger charge is -2.06. The Balaban J connectivity index is 2.07. The quantitative estimate of drug-likeness (QED) is 0.604. The zero-order valence-electron chi connectivity index (χ0n) is 11.7. The second kappa shape index (κ2) is 5.07. The largest absolute Gasteiger partial charge is 0.326 e. The van der Waals surface area contributed by atoms with Crippen LogP contribution in [0.5, 0.6) is 0 Å². The topological polar surface area (TPSA) is 82.4 Å². The van der Waals surface area contributed by atoms with Gasteiger partial charge in [-0.3, -0.25) is 4.40 Å². The van der Waals surface area contributed by atoms with Gasteiger partial charge in [0, 0.05) is 29.7 Å². The van der Waals surface area contributed by atoms with Crippen LogP contribution < -0.4 is 5.73 Å². The average Bonchev–Trinajstić information content (AvgIpc) is 3.18. The highest BCUT2D eigenvalue weighted by molar-refractivity contribution is 7.90. The van der Waals surface area contributed by atoms with Crippen LogP contribution >= 0.6 is 22.9 Å². The molecule has 23 heavy (non-hydrogen) atoms. The molecule has 6 nitrogen and oxygen atoms in total. The first-order valence-electron chi connectivity index (χ1n) is 6.69. The van der Waals surface area contributed by atoms with Crippen molar-refractivity contribution in [2.45, 2.75) is 11.6 Å². The van der Waals surface area contributed by atoms with E-state index in [1.807, 2.05) is 12.1 Å². The fourth-order valence-electron chi connectivity index (χ4n) is 2.64. The molecule has 1 aromatic carbocycles. The second-order valence-corrected chi connectivity index (χ2v) is 7.90. The Labute approximate surface area is 140 Å². The van der Waals surface area contributed by atoms with Crippen molar-refractivity contribution in [2.75, 3.05) is 0 Å². The number of thiazole rings is 1. The average molecular weight is 367 g/mol. The first kappa shape index (κ1) is 14.7. The number of para-hydroxylation sites is 1. The number of rotatable bonds is 3. The van der Waals surface area contributed by atoms with Crippen molar-refractivity contribution >= 4 is 48.8 Å². The van der Waals surface area contributed by atoms with E-state index in [1.165, 1.54) is 19.7 Å². The van der Waals surface area contributed by atoms with E-state index in [4.69, 9.17) is 17.3 Å². The molecular formula is C14H11ClN4O2S2. The van der Waals surface area contributed by atoms with E-state index in [0.29, 0.717) is 10.5 Å². The summed E-state index contributed by atoms with van der Waals surface area (Å²) in [5.41, 5.74) is 7.06. The zero-order valence-corrected chi connectivity index (χ0v) is 14.1. The molecule has 0 spiro atoms. The number of aromatic nitrogens is 3. The summed E-state index contributed by atoms with van der Waals surface area (Å²) in [5.74, 6) is 0. The lowest BCUT2D eigenvalue weighted by molar-refractivity contribution is 0.584. The van der Waals surface area contributed by atoms with Crippen LogP contribution in [0.25, 0.3) is 15.9 Å². The maximum absolute atomic E-state index is 13.2. The third-order valence-corrected chi connectivity index (χ3v) is 6.49. The third-order valence-electron chi connectivity index (χ3n) is 3.66. The van der Waals surface area contributed by atoms with Crippen molar-refractivity contribution in [3.05, 3.63) is 52.8 Å². The minimum absolute atomic E-state index is 0.0380. The molecule has 0 aliphatic heterocycles. The van der Waals surface area contributed by atoms with E-state index in [-0.39, 0.29) is 16.7 Å². The molecule has 0 radical (unpaired) electrons. The molecule has 0 aliphatic rings. The van der Waals surface area contributed by atoms with Crippen molar-refractivity contribution in [3.63, 3.8) is 0 Å². The van der Waals surface area contributed by atoms with Crippen molar-refractivity contribution < 1.29 is 8.42 Å². The molecule has 4 rings (SSSR count). The lowest BCUT2D eigenvalue weighted by atomic mass is 10.2. The normalized spacial score (nSPS) is 12.4. The van der Waals surface area contributed by atoms with Crippen LogP contribution in [-0.4, -0.2) is 21.8 Å². The molecule has 0 saturated carbocycles. The van der Waals surface area contributed by atoms with Crippen LogP contribution in [-0.2, 0) is 16.6 Å². The Morgan fingerprint density at radius 1 is 1.30 bits per heavy atom. The summed E-state index contributed by atoms with van der Waals surface area (Å²) in [6.07, 6.45) is 3.18. The minimum atomic E-state index is -3.90. The number of nitrogens with two attached hydrogens (primary N) is 1. The van der Waals surface area contributed by atoms with Gasteiger partial charge in [0.2, 0.25) is 5.03 Å². The van der Waals surface area contributed by atoms with Gasteiger partial charge in [-0.05, 0) is 11.6 Å². The van der Waals surface area contributed by atoms with Crippen LogP contribution in [0.15, 0.2) is 47.1 Å². The molecule has 3 heterocycles. The van der Waals surface area contributed by atoms with Gasteiger partial charge in [0.05, 0.1) is 5.52 Å². The molecule has 0 amide bonds. The highest BCUT2D eigenvalue weighted by Gasteiger charge is 2.28. The van der Waals surface area contributed by atoms with Crippen molar-refractivity contribution in [2.24, 2.45) is 5.73 Å². The fourth-order valence-corrected chi connectivity index (χ4v) is 5.45. The maximum atomic E-state index is 13.2. The van der Waals surface area contributed by atoms with Gasteiger partial charge in [0.25, 0.3) is 10.0 Å². The summed E-state index contributed by atoms with van der Waals surface area (Å²) in [6.45, 7) is 0.247. The van der Waals surface area contributed by atoms with E-state index in [0.717, 1.165) is 10.9 Å². The van der Waals surface area contributed by atoms with Crippen LogP contribution in [0.4, 0.5) is 0 Å². The van der Waals surface area contributed by atoms with Crippen LogP contribution in [0.3, 0.4) is 0 Å². The fraction of sp³-hybridized carbons (Fsp3) is 0.0714. The first-order valence-corrected chi connectivity index (χ1v) is 9.39.